The number of hydrogen-bond donors (Lipinski definition) is 4. The van der Waals surface area contributed by atoms with Gasteiger partial charge in [0, 0.05) is 28.2 Å². The number of nitrogens with one attached hydrogen (secondary N) is 1. The summed E-state index contributed by atoms with van der Waals surface area (Å²) in [7, 11) is 0.0815. The second kappa shape index (κ2) is 63.1. The van der Waals surface area contributed by atoms with Crippen molar-refractivity contribution in [3.8, 4) is 0 Å². The van der Waals surface area contributed by atoms with Gasteiger partial charge in [0.15, 0.2) is 0 Å². The Hall–Kier alpha value is -11.0. The number of ether oxygens (including phenoxy) is 1. The van der Waals surface area contributed by atoms with Gasteiger partial charge in [0.05, 0.1) is 54.4 Å². The minimum Gasteiger partial charge on any atom is -0.244 e. The Morgan fingerprint density at radius 2 is 0.783 bits per heavy atom. The molecule has 0 spiro atoms. The molecule has 0 aliphatic rings. The standard InChI is InChI=1S/2C21H18N2OP.C18H15P.C6H10N2O.C4H4N2O.C4H6O3.C3H3BrN2O.C3H6N2O2.C3H4N2O.Al.BHNS.B.2BrH.HN/c2*1-4-10-19(11-5-1)25(17-18-16-22-24-23-18,20-12-6-2-7-13-20)21-14-8-3-9-15-21;1-4-10-16(11-5-1)19(17-12-6-2-7-13-17)18-14-8-3-9-15-18;1-3-5(2)6-4-7-9-8-6;1-2-4-3-5-7-6-4;1-3(5)7-4(2)6;4-1-3-2-5-7-6-3;1-3(5-7)2-4-6;1-3-2-4-6-5-3;;1-2-3;;;;/h2*1-16H,17H2;1-15H;4-5H,3H2,1-2H3;2-3H,1H2;1-2H3;2H,1H2;2,6-7H,1H3;2H,1H3;;3H;;3*1H/q2*+1;;;;;;;;;;;;;/p-2/b;;;;;;;4-2-,5-3-;;;;;;;. The molecule has 6 aromatic heterocycles. The molecule has 3 N–H and O–H groups in total. The second-order valence-electron chi connectivity index (χ2n) is 23.5. The monoisotopic (exact) mass is 1890 g/mol. The number of oxime groups is 2. The average Bonchev–Trinajstić information content (AvgIpc) is 1.01. The first-order chi connectivity index (χ1) is 57.2. The first-order valence-electron chi connectivity index (χ1n) is 35.4. The predicted molar refractivity (Wildman–Crippen MR) is 474 cm³/mol. The summed E-state index contributed by atoms with van der Waals surface area (Å²) in [5.41, 5.74) is 5.27. The van der Waals surface area contributed by atoms with Crippen LogP contribution in [0, 0.1) is 11.3 Å². The molecule has 37 heteroatoms. The molecule has 1 atom stereocenters. The van der Waals surface area contributed by atoms with E-state index in [4.69, 9.17) is 24.0 Å². The maximum absolute atomic E-state index is 9.81. The van der Waals surface area contributed by atoms with Crippen molar-refractivity contribution in [2.24, 2.45) is 14.6 Å². The quantitative estimate of drug-likeness (QED) is 0.00721. The fraction of sp³-hybridized carbons (Fsp3) is 0.133. The molecular formula is C83H86AlB2Br3N16O11P3S. The van der Waals surface area contributed by atoms with E-state index >= 15 is 0 Å². The molecule has 1 unspecified atom stereocenters. The van der Waals surface area contributed by atoms with Crippen LogP contribution in [0.3, 0.4) is 0 Å². The van der Waals surface area contributed by atoms with Crippen LogP contribution in [-0.2, 0) is 32.0 Å². The van der Waals surface area contributed by atoms with E-state index in [0.29, 0.717) is 16.9 Å². The average molecular weight is 1900 g/mol. The zero-order valence-electron chi connectivity index (χ0n) is 66.1. The summed E-state index contributed by atoms with van der Waals surface area (Å²) in [5.74, 6) is -0.656. The number of aromatic nitrogens is 12. The summed E-state index contributed by atoms with van der Waals surface area (Å²) < 4.78 is 39.3. The number of carbonyl (C=O) groups excluding carboxylic acids is 2. The molecular weight excluding hydrogens is 1810 g/mol. The van der Waals surface area contributed by atoms with E-state index in [-0.39, 0.29) is 48.1 Å². The summed E-state index contributed by atoms with van der Waals surface area (Å²) in [6.07, 6.45) is 15.0. The van der Waals surface area contributed by atoms with Crippen molar-refractivity contribution in [3.05, 3.63) is 351 Å². The molecule has 0 bridgehead atoms. The summed E-state index contributed by atoms with van der Waals surface area (Å²) in [5, 5.41) is 77.2. The van der Waals surface area contributed by atoms with E-state index < -0.39 is 34.4 Å². The largest absolute Gasteiger partial charge is 0.244 e. The van der Waals surface area contributed by atoms with Gasteiger partial charge in [-0.05, 0) is 123 Å². The van der Waals surface area contributed by atoms with E-state index in [0.717, 1.165) is 53.4 Å². The topological polar surface area (TPSA) is 378 Å². The fourth-order valence-corrected chi connectivity index (χ4v) is 21.1. The Morgan fingerprint density at radius 1 is 0.500 bits per heavy atom. The molecule has 27 nitrogen and oxygen atoms in total. The number of aryl methyl sites for hydroxylation is 1. The van der Waals surface area contributed by atoms with Crippen LogP contribution in [-0.4, -0.2) is 128 Å². The number of hydrogen-bond acceptors (Lipinski definition) is 28. The smallest absolute Gasteiger partial charge is 0.143 e. The third kappa shape index (κ3) is 37.1. The molecule has 0 aliphatic carbocycles. The summed E-state index contributed by atoms with van der Waals surface area (Å²) in [6, 6.07) is 96.7. The van der Waals surface area contributed by atoms with Gasteiger partial charge < -0.3 is 49.1 Å². The molecule has 6 heterocycles. The van der Waals surface area contributed by atoms with Crippen molar-refractivity contribution in [1.82, 2.24) is 61.9 Å². The zero-order chi connectivity index (χ0) is 84.4. The number of thiol groups is 1. The van der Waals surface area contributed by atoms with Gasteiger partial charge in [-0.25, -0.2) is 27.8 Å². The molecule has 15 rings (SSSR count). The van der Waals surface area contributed by atoms with Gasteiger partial charge in [-0.2, -0.15) is 0 Å². The first-order valence-corrected chi connectivity index (χ1v) is 42.8. The van der Waals surface area contributed by atoms with Gasteiger partial charge in [-0.15, -0.1) is 0 Å². The van der Waals surface area contributed by atoms with Crippen molar-refractivity contribution in [3.63, 3.8) is 0 Å². The molecule has 0 aliphatic heterocycles. The van der Waals surface area contributed by atoms with Crippen LogP contribution in [0.1, 0.15) is 81.1 Å². The van der Waals surface area contributed by atoms with Crippen LogP contribution in [0.25, 0.3) is 6.08 Å². The number of nitrogens with zero attached hydrogens (tertiary/aromatic N) is 15. The van der Waals surface area contributed by atoms with E-state index in [9.17, 15) is 9.59 Å². The van der Waals surface area contributed by atoms with Crippen molar-refractivity contribution in [2.75, 3.05) is 0 Å². The van der Waals surface area contributed by atoms with Crippen LogP contribution in [0.5, 0.6) is 0 Å². The second-order valence-corrected chi connectivity index (χ2v) is 33.5. The van der Waals surface area contributed by atoms with E-state index in [1.54, 1.807) is 53.2 Å². The minimum absolute atomic E-state index is 0. The third-order valence-corrected chi connectivity index (χ3v) is 27.3. The normalized spacial score (nSPS) is 10.2. The number of esters is 2. The van der Waals surface area contributed by atoms with Crippen molar-refractivity contribution < 1.29 is 86.5 Å². The summed E-state index contributed by atoms with van der Waals surface area (Å²) >= 11 is 8.03. The van der Waals surface area contributed by atoms with Crippen molar-refractivity contribution in [2.45, 2.75) is 71.5 Å². The zero-order valence-corrected chi connectivity index (χ0v) is 75.6. The van der Waals surface area contributed by atoms with Gasteiger partial charge >= 0.3 is 57.1 Å². The molecule has 15 aromatic rings. The SMILES string of the molecule is BrCc1cnon1.C=Cc1cnon1.CC(/C=N\O)=N/O.CC(=O)OC(C)=O.CCC(C)c1cnon1.Cc1cnon1.[B].[B]=NS.[Br-].[Br-].[NH]=[Al].c1ccc(P(c2ccccc2)c2ccccc2)cc1.c1ccc([P+](Cc2cnon2)(c2ccccc2)c2ccccc2)cc1.c1ccc([P+](Cc2cnon2)(c2ccccc2)c2ccccc2)cc1. The van der Waals surface area contributed by atoms with E-state index in [1.807, 2.05) is 6.92 Å². The van der Waals surface area contributed by atoms with Crippen molar-refractivity contribution >= 4 is 161 Å². The maximum Gasteiger partial charge on any atom is 0.143 e. The Kier molecular flexibility index (Phi) is 55.2. The maximum atomic E-state index is 9.81. The molecule has 0 fully saturated rings. The van der Waals surface area contributed by atoms with Gasteiger partial charge in [0.2, 0.25) is 0 Å². The van der Waals surface area contributed by atoms with Crippen LogP contribution in [0.4, 0.5) is 0 Å². The number of halogens is 3. The number of carbonyl (C=O) groups is 2. The fourth-order valence-electron chi connectivity index (χ4n) is 10.3. The van der Waals surface area contributed by atoms with Crippen LogP contribution in [0.2, 0.25) is 0 Å². The van der Waals surface area contributed by atoms with E-state index in [2.05, 4.69) is 430 Å². The molecule has 0 saturated carbocycles. The van der Waals surface area contributed by atoms with Crippen LogP contribution < -0.4 is 81.7 Å². The predicted octanol–water partition coefficient (Wildman–Crippen LogP) is 8.33. The van der Waals surface area contributed by atoms with Crippen LogP contribution in [0.15, 0.2) is 359 Å². The van der Waals surface area contributed by atoms with Gasteiger partial charge in [-0.3, -0.25) is 9.59 Å². The first kappa shape index (κ1) is 105. The molecule has 120 heavy (non-hydrogen) atoms. The summed E-state index contributed by atoms with van der Waals surface area (Å²) in [6.45, 7) is 13.3. The molecule has 5 radical (unpaired) electrons. The van der Waals surface area contributed by atoms with Gasteiger partial charge in [0.25, 0.3) is 0 Å². The number of rotatable bonds is 18. The summed E-state index contributed by atoms with van der Waals surface area (Å²) in [4.78, 5) is 19.6. The Morgan fingerprint density at radius 3 is 0.967 bits per heavy atom. The van der Waals surface area contributed by atoms with Gasteiger partial charge in [0.1, 0.15) is 92.8 Å². The minimum atomic E-state index is -1.90. The van der Waals surface area contributed by atoms with Gasteiger partial charge in [-0.1, -0.05) is 309 Å². The Balaban J connectivity index is 0.000000479. The number of alkyl halides is 1. The van der Waals surface area contributed by atoms with Crippen molar-refractivity contribution in [1.29, 1.82) is 4.35 Å². The Bertz CT molecular complexity index is 4630. The Labute approximate surface area is 745 Å². The van der Waals surface area contributed by atoms with Crippen LogP contribution >= 0.6 is 51.2 Å². The van der Waals surface area contributed by atoms with E-state index in [1.165, 1.54) is 74.7 Å². The molecule has 9 aromatic carbocycles. The third-order valence-electron chi connectivity index (χ3n) is 15.6. The molecule has 0 amide bonds. The molecule has 615 valence electrons. The number of benzene rings is 9. The molecule has 0 saturated heterocycles.